The number of thiocyanates is 1. The van der Waals surface area contributed by atoms with Gasteiger partial charge in [-0.05, 0) is 18.2 Å². The van der Waals surface area contributed by atoms with Crippen LogP contribution in [-0.2, 0) is 6.54 Å². The molecule has 0 aromatic carbocycles. The fourth-order valence-electron chi connectivity index (χ4n) is 0.895. The number of nitrogens with zero attached hydrogens (tertiary/aromatic N) is 3. The number of hydrogen-bond donors (Lipinski definition) is 1. The minimum absolute atomic E-state index is 0.586. The average molecular weight is 182 g/mol. The van der Waals surface area contributed by atoms with Gasteiger partial charge >= 0.3 is 0 Å². The van der Waals surface area contributed by atoms with E-state index >= 15 is 0 Å². The molecule has 1 aromatic rings. The van der Waals surface area contributed by atoms with Gasteiger partial charge in [0.05, 0.1) is 11.1 Å². The maximum absolute atomic E-state index is 8.40. The smallest absolute Gasteiger partial charge is 0.138 e. The molecule has 0 saturated heterocycles. The van der Waals surface area contributed by atoms with Crippen LogP contribution in [0.5, 0.6) is 0 Å². The summed E-state index contributed by atoms with van der Waals surface area (Å²) in [4.78, 5) is 0.742. The topological polar surface area (TPSA) is 67.6 Å². The van der Waals surface area contributed by atoms with Crippen LogP contribution >= 0.6 is 11.8 Å². The molecule has 5 heteroatoms. The molecule has 0 aliphatic rings. The largest absolute Gasteiger partial charge is 0.383 e. The maximum Gasteiger partial charge on any atom is 0.138 e. The average Bonchev–Trinajstić information content (AvgIpc) is 2.38. The fourth-order valence-corrected chi connectivity index (χ4v) is 1.30. The molecular weight excluding hydrogens is 172 g/mol. The van der Waals surface area contributed by atoms with E-state index in [1.165, 1.54) is 0 Å². The number of aryl methyl sites for hydroxylation is 1. The Labute approximate surface area is 75.4 Å². The summed E-state index contributed by atoms with van der Waals surface area (Å²) >= 11 is 1.05. The zero-order chi connectivity index (χ0) is 8.97. The van der Waals surface area contributed by atoms with E-state index in [4.69, 9.17) is 11.0 Å². The highest BCUT2D eigenvalue weighted by Crippen LogP contribution is 2.23. The molecule has 0 aliphatic carbocycles. The van der Waals surface area contributed by atoms with Crippen molar-refractivity contribution in [3.05, 3.63) is 6.20 Å². The van der Waals surface area contributed by atoms with Crippen molar-refractivity contribution in [2.75, 3.05) is 5.73 Å². The lowest BCUT2D eigenvalue weighted by Gasteiger charge is -2.00. The quantitative estimate of drug-likeness (QED) is 0.567. The van der Waals surface area contributed by atoms with Crippen molar-refractivity contribution in [2.45, 2.75) is 24.8 Å². The second-order valence-corrected chi connectivity index (χ2v) is 3.14. The molecule has 4 nitrogen and oxygen atoms in total. The zero-order valence-corrected chi connectivity index (χ0v) is 7.64. The number of nitrogens with two attached hydrogens (primary N) is 1. The number of thioether (sulfide) groups is 1. The highest BCUT2D eigenvalue weighted by Gasteiger charge is 2.05. The summed E-state index contributed by atoms with van der Waals surface area (Å²) < 4.78 is 1.71. The molecule has 0 atom stereocenters. The van der Waals surface area contributed by atoms with Crippen molar-refractivity contribution >= 4 is 17.6 Å². The Balaban J connectivity index is 2.82. The van der Waals surface area contributed by atoms with Crippen LogP contribution in [0.25, 0.3) is 0 Å². The Hall–Kier alpha value is -1.15. The van der Waals surface area contributed by atoms with E-state index in [9.17, 15) is 0 Å². The second kappa shape index (κ2) is 4.02. The summed E-state index contributed by atoms with van der Waals surface area (Å²) in [6, 6.07) is 0. The van der Waals surface area contributed by atoms with Gasteiger partial charge in [0.25, 0.3) is 0 Å². The van der Waals surface area contributed by atoms with Crippen LogP contribution in [0.1, 0.15) is 13.3 Å². The van der Waals surface area contributed by atoms with E-state index in [-0.39, 0.29) is 0 Å². The molecular formula is C7H10N4S. The number of nitrogen functional groups attached to an aromatic ring is 1. The number of hydrogen-bond acceptors (Lipinski definition) is 4. The van der Waals surface area contributed by atoms with Crippen LogP contribution in [0.15, 0.2) is 11.1 Å². The second-order valence-electron chi connectivity index (χ2n) is 2.31. The van der Waals surface area contributed by atoms with Crippen molar-refractivity contribution in [1.82, 2.24) is 9.78 Å². The van der Waals surface area contributed by atoms with Gasteiger partial charge in [0.2, 0.25) is 0 Å². The van der Waals surface area contributed by atoms with E-state index in [2.05, 4.69) is 12.0 Å². The molecule has 2 N–H and O–H groups in total. The van der Waals surface area contributed by atoms with Crippen molar-refractivity contribution in [3.8, 4) is 5.40 Å². The first kappa shape index (κ1) is 8.94. The van der Waals surface area contributed by atoms with Gasteiger partial charge in [-0.2, -0.15) is 10.4 Å². The summed E-state index contributed by atoms with van der Waals surface area (Å²) in [5, 5.41) is 14.4. The predicted octanol–water partition coefficient (Wildman–Crippen LogP) is 1.45. The lowest BCUT2D eigenvalue weighted by molar-refractivity contribution is 0.610. The van der Waals surface area contributed by atoms with Gasteiger partial charge in [-0.3, -0.25) is 0 Å². The first-order chi connectivity index (χ1) is 5.79. The molecule has 0 saturated carbocycles. The third kappa shape index (κ3) is 1.71. The van der Waals surface area contributed by atoms with Crippen LogP contribution in [0.2, 0.25) is 0 Å². The van der Waals surface area contributed by atoms with Crippen molar-refractivity contribution in [2.24, 2.45) is 0 Å². The van der Waals surface area contributed by atoms with E-state index in [1.807, 2.05) is 5.40 Å². The van der Waals surface area contributed by atoms with Crippen LogP contribution in [-0.4, -0.2) is 9.78 Å². The molecule has 0 amide bonds. The predicted molar refractivity (Wildman–Crippen MR) is 48.4 cm³/mol. The molecule has 0 fully saturated rings. The first-order valence-corrected chi connectivity index (χ1v) is 4.48. The number of rotatable bonds is 3. The van der Waals surface area contributed by atoms with Crippen LogP contribution in [0, 0.1) is 10.7 Å². The van der Waals surface area contributed by atoms with Crippen molar-refractivity contribution in [3.63, 3.8) is 0 Å². The molecule has 1 heterocycles. The maximum atomic E-state index is 8.40. The SMILES string of the molecule is CCCn1ncc(SC#N)c1N. The monoisotopic (exact) mass is 182 g/mol. The van der Waals surface area contributed by atoms with Gasteiger partial charge < -0.3 is 5.73 Å². The lowest BCUT2D eigenvalue weighted by Crippen LogP contribution is -2.03. The molecule has 0 bridgehead atoms. The normalized spacial score (nSPS) is 9.67. The van der Waals surface area contributed by atoms with Crippen LogP contribution in [0.3, 0.4) is 0 Å². The summed E-state index contributed by atoms with van der Waals surface area (Å²) in [7, 11) is 0. The van der Waals surface area contributed by atoms with Gasteiger partial charge in [-0.1, -0.05) is 6.92 Å². The first-order valence-electron chi connectivity index (χ1n) is 3.66. The van der Waals surface area contributed by atoms with Crippen molar-refractivity contribution in [1.29, 1.82) is 5.26 Å². The summed E-state index contributed by atoms with van der Waals surface area (Å²) in [6.07, 6.45) is 2.61. The third-order valence-corrected chi connectivity index (χ3v) is 2.06. The van der Waals surface area contributed by atoms with E-state index in [0.29, 0.717) is 5.82 Å². The molecule has 1 rings (SSSR count). The van der Waals surface area contributed by atoms with Gasteiger partial charge in [0, 0.05) is 6.54 Å². The van der Waals surface area contributed by atoms with Gasteiger partial charge in [-0.15, -0.1) is 0 Å². The van der Waals surface area contributed by atoms with E-state index in [1.54, 1.807) is 10.9 Å². The van der Waals surface area contributed by atoms with Crippen molar-refractivity contribution < 1.29 is 0 Å². The molecule has 0 spiro atoms. The molecule has 1 aromatic heterocycles. The third-order valence-electron chi connectivity index (χ3n) is 1.44. The molecule has 12 heavy (non-hydrogen) atoms. The Bertz CT molecular complexity index is 299. The number of anilines is 1. The van der Waals surface area contributed by atoms with Gasteiger partial charge in [0.1, 0.15) is 11.2 Å². The van der Waals surface area contributed by atoms with Crippen LogP contribution in [0.4, 0.5) is 5.82 Å². The highest BCUT2D eigenvalue weighted by molar-refractivity contribution is 8.03. The zero-order valence-electron chi connectivity index (χ0n) is 6.82. The Morgan fingerprint density at radius 1 is 1.83 bits per heavy atom. The Morgan fingerprint density at radius 3 is 3.17 bits per heavy atom. The Kier molecular flexibility index (Phi) is 3.00. The minimum Gasteiger partial charge on any atom is -0.383 e. The molecule has 0 aliphatic heterocycles. The lowest BCUT2D eigenvalue weighted by atomic mass is 10.5. The standard InChI is InChI=1S/C7H10N4S/c1-2-3-11-7(9)6(4-10-11)12-5-8/h4H,2-3,9H2,1H3. The Morgan fingerprint density at radius 2 is 2.58 bits per heavy atom. The molecule has 64 valence electrons. The molecule has 0 radical (unpaired) electrons. The minimum atomic E-state index is 0.586. The number of nitriles is 1. The van der Waals surface area contributed by atoms with E-state index in [0.717, 1.165) is 29.6 Å². The number of aromatic nitrogens is 2. The van der Waals surface area contributed by atoms with E-state index < -0.39 is 0 Å². The van der Waals surface area contributed by atoms with Crippen LogP contribution < -0.4 is 5.73 Å². The van der Waals surface area contributed by atoms with Gasteiger partial charge in [0.15, 0.2) is 0 Å². The summed E-state index contributed by atoms with van der Waals surface area (Å²) in [6.45, 7) is 2.86. The fraction of sp³-hybridized carbons (Fsp3) is 0.429. The summed E-state index contributed by atoms with van der Waals surface area (Å²) in [5.74, 6) is 0.586. The summed E-state index contributed by atoms with van der Waals surface area (Å²) in [5.41, 5.74) is 5.70. The highest BCUT2D eigenvalue weighted by atomic mass is 32.2. The molecule has 0 unspecified atom stereocenters. The van der Waals surface area contributed by atoms with Gasteiger partial charge in [-0.25, -0.2) is 4.68 Å².